The van der Waals surface area contributed by atoms with Gasteiger partial charge in [0.05, 0.1) is 13.6 Å². The fourth-order valence-electron chi connectivity index (χ4n) is 2.60. The number of nitrogens with one attached hydrogen (secondary N) is 3. The third kappa shape index (κ3) is 6.48. The molecule has 3 N–H and O–H groups in total. The van der Waals surface area contributed by atoms with Crippen LogP contribution in [0.15, 0.2) is 18.2 Å². The standard InChI is InChI=1S/C19H28N4O3/c1-13-5-6-14(2)16(9-13)21-18(25)11-23(4)19(26)12-22(3)10-17(24)20-15-7-8-15/h5-6,9,15H,7-8,10-12H2,1-4H3,(H,20,24)(H,21,25)/p+1. The van der Waals surface area contributed by atoms with Crippen LogP contribution in [0, 0.1) is 13.8 Å². The van der Waals surface area contributed by atoms with Gasteiger partial charge in [0.2, 0.25) is 5.91 Å². The summed E-state index contributed by atoms with van der Waals surface area (Å²) < 4.78 is 0. The summed E-state index contributed by atoms with van der Waals surface area (Å²) in [6.07, 6.45) is 2.09. The Morgan fingerprint density at radius 1 is 1.15 bits per heavy atom. The molecule has 0 aromatic heterocycles. The molecular formula is C19H29N4O3+. The highest BCUT2D eigenvalue weighted by Gasteiger charge is 2.25. The minimum atomic E-state index is -0.237. The summed E-state index contributed by atoms with van der Waals surface area (Å²) in [6.45, 7) is 4.29. The fourth-order valence-corrected chi connectivity index (χ4v) is 2.60. The van der Waals surface area contributed by atoms with Crippen molar-refractivity contribution in [2.24, 2.45) is 0 Å². The second-order valence-corrected chi connectivity index (χ2v) is 7.27. The number of anilines is 1. The molecule has 142 valence electrons. The minimum Gasteiger partial charge on any atom is -0.348 e. The Morgan fingerprint density at radius 2 is 1.85 bits per heavy atom. The number of rotatable bonds is 8. The van der Waals surface area contributed by atoms with Gasteiger partial charge in [0.25, 0.3) is 11.8 Å². The molecule has 1 fully saturated rings. The molecule has 0 aliphatic heterocycles. The summed E-state index contributed by atoms with van der Waals surface area (Å²) in [5.74, 6) is -0.440. The zero-order valence-electron chi connectivity index (χ0n) is 16.0. The largest absolute Gasteiger partial charge is 0.348 e. The summed E-state index contributed by atoms with van der Waals surface area (Å²) in [4.78, 5) is 38.4. The second-order valence-electron chi connectivity index (χ2n) is 7.27. The molecule has 7 heteroatoms. The van der Waals surface area contributed by atoms with Crippen molar-refractivity contribution in [3.8, 4) is 0 Å². The Bertz CT molecular complexity index is 685. The van der Waals surface area contributed by atoms with Crippen LogP contribution in [0.4, 0.5) is 5.69 Å². The zero-order chi connectivity index (χ0) is 19.3. The van der Waals surface area contributed by atoms with Crippen molar-refractivity contribution >= 4 is 23.4 Å². The predicted octanol–water partition coefficient (Wildman–Crippen LogP) is -0.506. The van der Waals surface area contributed by atoms with Crippen molar-refractivity contribution < 1.29 is 19.3 Å². The number of benzene rings is 1. The summed E-state index contributed by atoms with van der Waals surface area (Å²) in [7, 11) is 3.40. The molecule has 0 heterocycles. The molecule has 0 saturated heterocycles. The quantitative estimate of drug-likeness (QED) is 0.583. The van der Waals surface area contributed by atoms with Crippen molar-refractivity contribution in [2.75, 3.05) is 39.0 Å². The van der Waals surface area contributed by atoms with Crippen molar-refractivity contribution in [2.45, 2.75) is 32.7 Å². The van der Waals surface area contributed by atoms with E-state index in [0.717, 1.165) is 34.6 Å². The van der Waals surface area contributed by atoms with Crippen molar-refractivity contribution in [3.05, 3.63) is 29.3 Å². The molecule has 1 saturated carbocycles. The van der Waals surface area contributed by atoms with E-state index in [2.05, 4.69) is 10.6 Å². The van der Waals surface area contributed by atoms with Crippen LogP contribution in [-0.2, 0) is 14.4 Å². The van der Waals surface area contributed by atoms with Crippen LogP contribution in [0.3, 0.4) is 0 Å². The van der Waals surface area contributed by atoms with Crippen LogP contribution in [0.25, 0.3) is 0 Å². The molecular weight excluding hydrogens is 332 g/mol. The van der Waals surface area contributed by atoms with E-state index in [-0.39, 0.29) is 37.4 Å². The van der Waals surface area contributed by atoms with E-state index in [1.165, 1.54) is 4.90 Å². The van der Waals surface area contributed by atoms with E-state index in [1.807, 2.05) is 32.0 Å². The monoisotopic (exact) mass is 361 g/mol. The van der Waals surface area contributed by atoms with E-state index in [0.29, 0.717) is 6.04 Å². The Hall–Kier alpha value is -2.41. The van der Waals surface area contributed by atoms with Crippen molar-refractivity contribution in [1.29, 1.82) is 0 Å². The van der Waals surface area contributed by atoms with Crippen LogP contribution in [0.1, 0.15) is 24.0 Å². The summed E-state index contributed by atoms with van der Waals surface area (Å²) in [6, 6.07) is 6.16. The zero-order valence-corrected chi connectivity index (χ0v) is 16.0. The van der Waals surface area contributed by atoms with E-state index >= 15 is 0 Å². The third-order valence-corrected chi connectivity index (χ3v) is 4.33. The maximum atomic E-state index is 12.3. The lowest BCUT2D eigenvalue weighted by Gasteiger charge is -2.20. The second kappa shape index (κ2) is 8.80. The highest BCUT2D eigenvalue weighted by Crippen LogP contribution is 2.18. The number of hydrogen-bond acceptors (Lipinski definition) is 3. The number of carbonyl (C=O) groups excluding carboxylic acids is 3. The minimum absolute atomic E-state index is 0.0201. The number of carbonyl (C=O) groups is 3. The Morgan fingerprint density at radius 3 is 2.50 bits per heavy atom. The van der Waals surface area contributed by atoms with Gasteiger partial charge in [-0.25, -0.2) is 0 Å². The van der Waals surface area contributed by atoms with Crippen LogP contribution in [0.2, 0.25) is 0 Å². The molecule has 1 unspecified atom stereocenters. The van der Waals surface area contributed by atoms with E-state index in [9.17, 15) is 14.4 Å². The first-order chi connectivity index (χ1) is 12.2. The fraction of sp³-hybridized carbons (Fsp3) is 0.526. The van der Waals surface area contributed by atoms with Gasteiger partial charge in [0.1, 0.15) is 0 Å². The van der Waals surface area contributed by atoms with Crippen LogP contribution >= 0.6 is 0 Å². The highest BCUT2D eigenvalue weighted by molar-refractivity contribution is 5.95. The molecule has 7 nitrogen and oxygen atoms in total. The smallest absolute Gasteiger partial charge is 0.277 e. The van der Waals surface area contributed by atoms with Gasteiger partial charge in [-0.2, -0.15) is 0 Å². The molecule has 0 bridgehead atoms. The molecule has 0 radical (unpaired) electrons. The number of quaternary nitrogens is 1. The lowest BCUT2D eigenvalue weighted by Crippen LogP contribution is -3.11. The maximum absolute atomic E-state index is 12.3. The van der Waals surface area contributed by atoms with Crippen LogP contribution in [-0.4, -0.2) is 62.4 Å². The van der Waals surface area contributed by atoms with Gasteiger partial charge in [0.15, 0.2) is 13.1 Å². The van der Waals surface area contributed by atoms with Gasteiger partial charge in [-0.3, -0.25) is 14.4 Å². The lowest BCUT2D eigenvalue weighted by atomic mass is 10.1. The SMILES string of the molecule is Cc1ccc(C)c(NC(=O)CN(C)C(=O)C[NH+](C)CC(=O)NC2CC2)c1. The topological polar surface area (TPSA) is 83.0 Å². The van der Waals surface area contributed by atoms with Gasteiger partial charge in [-0.1, -0.05) is 12.1 Å². The highest BCUT2D eigenvalue weighted by atomic mass is 16.2. The first-order valence-electron chi connectivity index (χ1n) is 8.96. The molecule has 1 aliphatic rings. The van der Waals surface area contributed by atoms with Crippen LogP contribution < -0.4 is 15.5 Å². The number of aryl methyl sites for hydroxylation is 2. The first-order valence-corrected chi connectivity index (χ1v) is 8.96. The van der Waals surface area contributed by atoms with Gasteiger partial charge >= 0.3 is 0 Å². The molecule has 26 heavy (non-hydrogen) atoms. The molecule has 3 amide bonds. The number of amides is 3. The van der Waals surface area contributed by atoms with Crippen molar-refractivity contribution in [3.63, 3.8) is 0 Å². The third-order valence-electron chi connectivity index (χ3n) is 4.33. The Balaban J connectivity index is 1.77. The first kappa shape index (κ1) is 19.9. The van der Waals surface area contributed by atoms with E-state index in [4.69, 9.17) is 0 Å². The number of likely N-dealkylation sites (N-methyl/N-ethyl adjacent to an activating group) is 2. The number of nitrogens with zero attached hydrogens (tertiary/aromatic N) is 1. The van der Waals surface area contributed by atoms with Gasteiger partial charge in [0, 0.05) is 18.8 Å². The predicted molar refractivity (Wildman–Crippen MR) is 100.0 cm³/mol. The maximum Gasteiger partial charge on any atom is 0.277 e. The summed E-state index contributed by atoms with van der Waals surface area (Å²) >= 11 is 0. The molecule has 0 spiro atoms. The Kier molecular flexibility index (Phi) is 6.74. The van der Waals surface area contributed by atoms with E-state index in [1.54, 1.807) is 14.1 Å². The average Bonchev–Trinajstić information content (AvgIpc) is 3.34. The number of hydrogen-bond donors (Lipinski definition) is 3. The summed E-state index contributed by atoms with van der Waals surface area (Å²) in [5, 5.41) is 5.75. The lowest BCUT2D eigenvalue weighted by molar-refractivity contribution is -0.862. The average molecular weight is 361 g/mol. The molecule has 1 atom stereocenters. The van der Waals surface area contributed by atoms with Gasteiger partial charge in [-0.05, 0) is 43.9 Å². The molecule has 1 aromatic carbocycles. The molecule has 2 rings (SSSR count). The van der Waals surface area contributed by atoms with Gasteiger partial charge in [-0.15, -0.1) is 0 Å². The van der Waals surface area contributed by atoms with E-state index < -0.39 is 0 Å². The molecule has 1 aliphatic carbocycles. The summed E-state index contributed by atoms with van der Waals surface area (Å²) in [5.41, 5.74) is 2.80. The van der Waals surface area contributed by atoms with Crippen molar-refractivity contribution in [1.82, 2.24) is 10.2 Å². The normalized spacial score (nSPS) is 14.5. The van der Waals surface area contributed by atoms with Gasteiger partial charge < -0.3 is 20.4 Å². The van der Waals surface area contributed by atoms with Crippen LogP contribution in [0.5, 0.6) is 0 Å². The molecule has 1 aromatic rings. The Labute approximate surface area is 154 Å².